The van der Waals surface area contributed by atoms with Gasteiger partial charge < -0.3 is 15.1 Å². The van der Waals surface area contributed by atoms with E-state index in [4.69, 9.17) is 0 Å². The molecule has 2 aliphatic heterocycles. The van der Waals surface area contributed by atoms with Gasteiger partial charge in [0, 0.05) is 51.0 Å². The number of rotatable bonds is 2. The number of anilines is 1. The lowest BCUT2D eigenvalue weighted by molar-refractivity contribution is -0.149. The molecule has 1 aromatic rings. The molecule has 3 heterocycles. The van der Waals surface area contributed by atoms with Crippen molar-refractivity contribution in [3.63, 3.8) is 0 Å². The minimum Gasteiger partial charge on any atom is -0.340 e. The van der Waals surface area contributed by atoms with Gasteiger partial charge >= 0.3 is 6.03 Å². The number of nitrogens with zero attached hydrogens (tertiary/aromatic N) is 4. The number of aromatic nitrogens is 2. The number of alkyl halides is 2. The van der Waals surface area contributed by atoms with Crippen molar-refractivity contribution in [1.82, 2.24) is 20.2 Å². The molecule has 130 valence electrons. The van der Waals surface area contributed by atoms with Gasteiger partial charge in [-0.2, -0.15) is 0 Å². The van der Waals surface area contributed by atoms with Gasteiger partial charge in [0.15, 0.2) is 0 Å². The van der Waals surface area contributed by atoms with Crippen LogP contribution in [0, 0.1) is 5.41 Å². The highest BCUT2D eigenvalue weighted by molar-refractivity contribution is 5.75. The Morgan fingerprint density at radius 3 is 2.62 bits per heavy atom. The van der Waals surface area contributed by atoms with Gasteiger partial charge in [-0.1, -0.05) is 0 Å². The summed E-state index contributed by atoms with van der Waals surface area (Å²) in [7, 11) is 0. The van der Waals surface area contributed by atoms with E-state index in [1.54, 1.807) is 28.3 Å². The Hall–Kier alpha value is -1.99. The van der Waals surface area contributed by atoms with Crippen LogP contribution in [0.4, 0.5) is 19.5 Å². The number of amides is 2. The van der Waals surface area contributed by atoms with Crippen molar-refractivity contribution in [2.45, 2.75) is 37.6 Å². The van der Waals surface area contributed by atoms with Crippen molar-refractivity contribution >= 4 is 12.0 Å². The molecule has 6 nitrogen and oxygen atoms in total. The van der Waals surface area contributed by atoms with Crippen LogP contribution in [0.3, 0.4) is 0 Å². The van der Waals surface area contributed by atoms with E-state index in [1.807, 2.05) is 0 Å². The van der Waals surface area contributed by atoms with Gasteiger partial charge in [-0.3, -0.25) is 0 Å². The Morgan fingerprint density at radius 1 is 1.17 bits per heavy atom. The van der Waals surface area contributed by atoms with Gasteiger partial charge in [-0.25, -0.2) is 23.5 Å². The summed E-state index contributed by atoms with van der Waals surface area (Å²) in [5.41, 5.74) is -1.22. The second-order valence-corrected chi connectivity index (χ2v) is 7.10. The molecule has 1 aromatic heterocycles. The van der Waals surface area contributed by atoms with Gasteiger partial charge in [-0.15, -0.1) is 0 Å². The zero-order chi connectivity index (χ0) is 16.8. The molecule has 1 spiro atoms. The number of likely N-dealkylation sites (tertiary alicyclic amines) is 1. The van der Waals surface area contributed by atoms with Crippen LogP contribution >= 0.6 is 0 Å². The SMILES string of the molecule is O=C(NC1CC1)N1CCC(F)(F)[C@@]2(CCN(c3ncccn3)C2)C1. The maximum atomic E-state index is 14.7. The number of urea groups is 1. The molecule has 3 fully saturated rings. The third-order valence-electron chi connectivity index (χ3n) is 5.35. The van der Waals surface area contributed by atoms with Crippen LogP contribution in [0.15, 0.2) is 18.5 Å². The van der Waals surface area contributed by atoms with E-state index in [9.17, 15) is 13.6 Å². The summed E-state index contributed by atoms with van der Waals surface area (Å²) in [4.78, 5) is 24.0. The van der Waals surface area contributed by atoms with Gasteiger partial charge in [-0.05, 0) is 25.3 Å². The first-order chi connectivity index (χ1) is 11.5. The lowest BCUT2D eigenvalue weighted by Gasteiger charge is -2.45. The zero-order valence-electron chi connectivity index (χ0n) is 13.4. The molecule has 4 rings (SSSR count). The Labute approximate surface area is 139 Å². The molecule has 2 saturated heterocycles. The van der Waals surface area contributed by atoms with Crippen LogP contribution in [0.1, 0.15) is 25.7 Å². The fourth-order valence-electron chi connectivity index (χ4n) is 3.69. The number of nitrogens with one attached hydrogen (secondary N) is 1. The smallest absolute Gasteiger partial charge is 0.317 e. The molecular formula is C16H21F2N5O. The fourth-order valence-corrected chi connectivity index (χ4v) is 3.69. The van der Waals surface area contributed by atoms with Crippen molar-refractivity contribution in [2.24, 2.45) is 5.41 Å². The molecule has 24 heavy (non-hydrogen) atoms. The third-order valence-corrected chi connectivity index (χ3v) is 5.35. The number of halogens is 2. The van der Waals surface area contributed by atoms with Crippen molar-refractivity contribution < 1.29 is 13.6 Å². The average Bonchev–Trinajstić information content (AvgIpc) is 3.28. The molecule has 1 aliphatic carbocycles. The molecule has 3 aliphatic rings. The standard InChI is InChI=1S/C16H21F2N5O/c17-16(18)5-9-23(14(24)21-12-2-3-12)11-15(16)4-8-22(10-15)13-19-6-1-7-20-13/h1,6-7,12H,2-5,8-11H2,(H,21,24)/t15-/m1/s1. The summed E-state index contributed by atoms with van der Waals surface area (Å²) >= 11 is 0. The van der Waals surface area contributed by atoms with Crippen molar-refractivity contribution in [3.05, 3.63) is 18.5 Å². The number of carbonyl (C=O) groups is 1. The molecule has 0 unspecified atom stereocenters. The van der Waals surface area contributed by atoms with Gasteiger partial charge in [0.25, 0.3) is 5.92 Å². The molecule has 0 radical (unpaired) electrons. The highest BCUT2D eigenvalue weighted by atomic mass is 19.3. The summed E-state index contributed by atoms with van der Waals surface area (Å²) in [5, 5.41) is 2.90. The monoisotopic (exact) mass is 337 g/mol. The van der Waals surface area contributed by atoms with E-state index in [-0.39, 0.29) is 38.1 Å². The fraction of sp³-hybridized carbons (Fsp3) is 0.688. The van der Waals surface area contributed by atoms with Crippen LogP contribution in [-0.2, 0) is 0 Å². The zero-order valence-corrected chi connectivity index (χ0v) is 13.4. The molecule has 0 aromatic carbocycles. The number of piperidine rings is 1. The van der Waals surface area contributed by atoms with E-state index in [1.165, 1.54) is 0 Å². The lowest BCUT2D eigenvalue weighted by atomic mass is 9.75. The van der Waals surface area contributed by atoms with Crippen LogP contribution in [0.5, 0.6) is 0 Å². The maximum absolute atomic E-state index is 14.7. The average molecular weight is 337 g/mol. The number of hydrogen-bond acceptors (Lipinski definition) is 4. The Bertz CT molecular complexity index is 624. The summed E-state index contributed by atoms with van der Waals surface area (Å²) in [5.74, 6) is -2.31. The van der Waals surface area contributed by atoms with Crippen LogP contribution in [0.25, 0.3) is 0 Å². The van der Waals surface area contributed by atoms with Gasteiger partial charge in [0.2, 0.25) is 5.95 Å². The molecule has 8 heteroatoms. The predicted octanol–water partition coefficient (Wildman–Crippen LogP) is 1.89. The number of carbonyl (C=O) groups excluding carboxylic acids is 1. The highest BCUT2D eigenvalue weighted by Crippen LogP contribution is 2.49. The summed E-state index contributed by atoms with van der Waals surface area (Å²) < 4.78 is 29.5. The first-order valence-corrected chi connectivity index (χ1v) is 8.44. The topological polar surface area (TPSA) is 61.4 Å². The lowest BCUT2D eigenvalue weighted by Crippen LogP contribution is -2.59. The van der Waals surface area contributed by atoms with Crippen molar-refractivity contribution in [3.8, 4) is 0 Å². The Morgan fingerprint density at radius 2 is 1.92 bits per heavy atom. The first-order valence-electron chi connectivity index (χ1n) is 8.44. The van der Waals surface area contributed by atoms with Crippen LogP contribution in [-0.4, -0.2) is 59.0 Å². The van der Waals surface area contributed by atoms with Crippen molar-refractivity contribution in [2.75, 3.05) is 31.1 Å². The molecule has 1 saturated carbocycles. The van der Waals surface area contributed by atoms with E-state index in [0.717, 1.165) is 12.8 Å². The quantitative estimate of drug-likeness (QED) is 0.895. The van der Waals surface area contributed by atoms with Gasteiger partial charge in [0.05, 0.1) is 5.41 Å². The highest BCUT2D eigenvalue weighted by Gasteiger charge is 2.60. The minimum absolute atomic E-state index is 0.0852. The summed E-state index contributed by atoms with van der Waals surface area (Å²) in [6.45, 7) is 0.853. The molecule has 0 bridgehead atoms. The third kappa shape index (κ3) is 2.67. The largest absolute Gasteiger partial charge is 0.340 e. The van der Waals surface area contributed by atoms with Crippen molar-refractivity contribution in [1.29, 1.82) is 0 Å². The van der Waals surface area contributed by atoms with E-state index >= 15 is 0 Å². The normalized spacial score (nSPS) is 29.1. The number of hydrogen-bond donors (Lipinski definition) is 1. The Kier molecular flexibility index (Phi) is 3.58. The van der Waals surface area contributed by atoms with Gasteiger partial charge in [0.1, 0.15) is 0 Å². The predicted molar refractivity (Wildman–Crippen MR) is 84.0 cm³/mol. The second-order valence-electron chi connectivity index (χ2n) is 7.10. The van der Waals surface area contributed by atoms with E-state index in [0.29, 0.717) is 18.9 Å². The van der Waals surface area contributed by atoms with E-state index in [2.05, 4.69) is 15.3 Å². The molecule has 2 amide bonds. The maximum Gasteiger partial charge on any atom is 0.317 e. The summed E-state index contributed by atoms with van der Waals surface area (Å²) in [6.07, 6.45) is 5.25. The second kappa shape index (κ2) is 5.53. The minimum atomic E-state index is -2.78. The first kappa shape index (κ1) is 15.5. The molecule has 1 N–H and O–H groups in total. The molecule has 1 atom stereocenters. The summed E-state index contributed by atoms with van der Waals surface area (Å²) in [6, 6.07) is 1.73. The van der Waals surface area contributed by atoms with Crippen LogP contribution < -0.4 is 10.2 Å². The van der Waals surface area contributed by atoms with E-state index < -0.39 is 11.3 Å². The molecular weight excluding hydrogens is 316 g/mol. The van der Waals surface area contributed by atoms with Crippen LogP contribution in [0.2, 0.25) is 0 Å². The Balaban J connectivity index is 1.51.